The Morgan fingerprint density at radius 1 is 1.39 bits per heavy atom. The molecule has 3 rings (SSSR count). The summed E-state index contributed by atoms with van der Waals surface area (Å²) in [6, 6.07) is 9.38. The lowest BCUT2D eigenvalue weighted by molar-refractivity contribution is -0.384. The summed E-state index contributed by atoms with van der Waals surface area (Å²) in [5.74, 6) is -0.598. The number of nitrogens with two attached hydrogens (primary N) is 1. The van der Waals surface area contributed by atoms with Crippen LogP contribution < -0.4 is 16.0 Å². The molecule has 1 atom stereocenters. The zero-order valence-electron chi connectivity index (χ0n) is 15.3. The van der Waals surface area contributed by atoms with Crippen LogP contribution in [0.2, 0.25) is 0 Å². The third-order valence-electron chi connectivity index (χ3n) is 4.65. The van der Waals surface area contributed by atoms with E-state index in [0.29, 0.717) is 24.4 Å². The van der Waals surface area contributed by atoms with Crippen LogP contribution in [-0.4, -0.2) is 23.2 Å². The number of non-ortho nitro benzene ring substituents is 1. The summed E-state index contributed by atoms with van der Waals surface area (Å²) in [6.45, 7) is 2.44. The van der Waals surface area contributed by atoms with E-state index in [9.17, 15) is 20.2 Å². The first-order chi connectivity index (χ1) is 13.4. The number of methoxy groups -OCH3 is 1. The Hall–Kier alpha value is -3.64. The van der Waals surface area contributed by atoms with Gasteiger partial charge in [-0.1, -0.05) is 12.1 Å². The third-order valence-corrected chi connectivity index (χ3v) is 4.65. The van der Waals surface area contributed by atoms with Crippen molar-refractivity contribution < 1.29 is 14.4 Å². The van der Waals surface area contributed by atoms with Crippen LogP contribution in [-0.2, 0) is 11.3 Å². The van der Waals surface area contributed by atoms with E-state index < -0.39 is 10.8 Å². The zero-order chi connectivity index (χ0) is 20.4. The van der Waals surface area contributed by atoms with Crippen molar-refractivity contribution in [2.45, 2.75) is 19.4 Å². The quantitative estimate of drug-likeness (QED) is 0.617. The molecule has 1 aliphatic heterocycles. The molecule has 1 unspecified atom stereocenters. The van der Waals surface area contributed by atoms with Gasteiger partial charge in [-0.05, 0) is 12.5 Å². The molecule has 1 aromatic heterocycles. The van der Waals surface area contributed by atoms with E-state index in [-0.39, 0.29) is 34.0 Å². The summed E-state index contributed by atoms with van der Waals surface area (Å²) in [6.07, 6.45) is 0. The number of rotatable bonds is 5. The lowest BCUT2D eigenvalue weighted by Gasteiger charge is -2.27. The average molecular weight is 382 g/mol. The molecule has 1 aliphatic rings. The van der Waals surface area contributed by atoms with Gasteiger partial charge in [0.25, 0.3) is 11.2 Å². The minimum atomic E-state index is -0.781. The molecule has 0 fully saturated rings. The van der Waals surface area contributed by atoms with Crippen molar-refractivity contribution in [1.29, 1.82) is 5.26 Å². The summed E-state index contributed by atoms with van der Waals surface area (Å²) < 4.78 is 12.2. The van der Waals surface area contributed by atoms with E-state index in [1.807, 2.05) is 6.07 Å². The smallest absolute Gasteiger partial charge is 0.269 e. The Labute approximate surface area is 160 Å². The number of hydrogen-bond acceptors (Lipinski definition) is 7. The lowest BCUT2D eigenvalue weighted by atomic mass is 9.84. The third kappa shape index (κ3) is 3.21. The van der Waals surface area contributed by atoms with Crippen molar-refractivity contribution >= 4 is 5.69 Å². The molecule has 0 radical (unpaired) electrons. The molecule has 144 valence electrons. The van der Waals surface area contributed by atoms with Gasteiger partial charge in [-0.2, -0.15) is 5.26 Å². The molecule has 0 bridgehead atoms. The van der Waals surface area contributed by atoms with Crippen molar-refractivity contribution in [1.82, 2.24) is 4.57 Å². The maximum atomic E-state index is 13.2. The fourth-order valence-corrected chi connectivity index (χ4v) is 3.27. The normalized spacial score (nSPS) is 15.5. The molecule has 9 nitrogen and oxygen atoms in total. The monoisotopic (exact) mass is 382 g/mol. The summed E-state index contributed by atoms with van der Waals surface area (Å²) in [7, 11) is 1.54. The summed E-state index contributed by atoms with van der Waals surface area (Å²) in [4.78, 5) is 23.6. The summed E-state index contributed by atoms with van der Waals surface area (Å²) >= 11 is 0. The molecule has 0 saturated heterocycles. The van der Waals surface area contributed by atoms with Crippen LogP contribution in [0.1, 0.15) is 22.7 Å². The van der Waals surface area contributed by atoms with Gasteiger partial charge in [-0.25, -0.2) is 0 Å². The summed E-state index contributed by atoms with van der Waals surface area (Å²) in [5, 5.41) is 20.5. The van der Waals surface area contributed by atoms with Gasteiger partial charge in [0.05, 0.1) is 23.0 Å². The highest BCUT2D eigenvalue weighted by Crippen LogP contribution is 2.40. The molecule has 2 aromatic rings. The van der Waals surface area contributed by atoms with E-state index >= 15 is 0 Å². The van der Waals surface area contributed by atoms with Crippen LogP contribution in [0.4, 0.5) is 5.69 Å². The van der Waals surface area contributed by atoms with Crippen molar-refractivity contribution in [3.8, 4) is 11.8 Å². The SMILES string of the molecule is COCCn1c(C)cc2c(c1=O)C(c1ccc([N+](=O)[O-])cc1)C(C#N)=C(N)O2. The topological polar surface area (TPSA) is 133 Å². The molecule has 1 aromatic carbocycles. The molecule has 0 amide bonds. The van der Waals surface area contributed by atoms with Crippen LogP contribution in [0.5, 0.6) is 5.75 Å². The number of aromatic nitrogens is 1. The second kappa shape index (κ2) is 7.54. The molecular formula is C19H18N4O5. The molecular weight excluding hydrogens is 364 g/mol. The number of nitrogens with zero attached hydrogens (tertiary/aromatic N) is 3. The Bertz CT molecular complexity index is 1060. The van der Waals surface area contributed by atoms with Gasteiger partial charge in [0.2, 0.25) is 5.88 Å². The number of pyridine rings is 1. The van der Waals surface area contributed by atoms with E-state index in [4.69, 9.17) is 15.2 Å². The first kappa shape index (κ1) is 19.1. The van der Waals surface area contributed by atoms with Gasteiger partial charge in [-0.15, -0.1) is 0 Å². The highest BCUT2D eigenvalue weighted by molar-refractivity contribution is 5.56. The number of nitro benzene ring substituents is 1. The van der Waals surface area contributed by atoms with Gasteiger partial charge in [0.15, 0.2) is 0 Å². The second-order valence-corrected chi connectivity index (χ2v) is 6.29. The van der Waals surface area contributed by atoms with Gasteiger partial charge < -0.3 is 19.8 Å². The first-order valence-corrected chi connectivity index (χ1v) is 8.44. The van der Waals surface area contributed by atoms with Gasteiger partial charge >= 0.3 is 0 Å². The summed E-state index contributed by atoms with van der Waals surface area (Å²) in [5.41, 5.74) is 7.06. The molecule has 2 heterocycles. The van der Waals surface area contributed by atoms with Crippen LogP contribution in [0.15, 0.2) is 46.6 Å². The largest absolute Gasteiger partial charge is 0.440 e. The number of nitriles is 1. The van der Waals surface area contributed by atoms with E-state index in [1.165, 1.54) is 24.3 Å². The predicted molar refractivity (Wildman–Crippen MR) is 99.7 cm³/mol. The molecule has 28 heavy (non-hydrogen) atoms. The number of ether oxygens (including phenoxy) is 2. The van der Waals surface area contributed by atoms with Crippen molar-refractivity contribution in [3.63, 3.8) is 0 Å². The van der Waals surface area contributed by atoms with Crippen molar-refractivity contribution in [2.24, 2.45) is 5.73 Å². The van der Waals surface area contributed by atoms with Crippen LogP contribution in [0.25, 0.3) is 0 Å². The van der Waals surface area contributed by atoms with Crippen LogP contribution >= 0.6 is 0 Å². The second-order valence-electron chi connectivity index (χ2n) is 6.29. The predicted octanol–water partition coefficient (Wildman–Crippen LogP) is 1.93. The Morgan fingerprint density at radius 2 is 2.07 bits per heavy atom. The number of nitro groups is 1. The number of aryl methyl sites for hydroxylation is 1. The fourth-order valence-electron chi connectivity index (χ4n) is 3.27. The average Bonchev–Trinajstić information content (AvgIpc) is 2.67. The molecule has 0 aliphatic carbocycles. The Kier molecular flexibility index (Phi) is 5.15. The first-order valence-electron chi connectivity index (χ1n) is 8.44. The van der Waals surface area contributed by atoms with Crippen molar-refractivity contribution in [3.05, 3.63) is 79.1 Å². The number of benzene rings is 1. The standard InChI is InChI=1S/C19H18N4O5/c1-11-9-15-17(19(24)22(11)7-8-27-2)16(14(10-20)18(21)28-15)12-3-5-13(6-4-12)23(25)26/h3-6,9,16H,7-8,21H2,1-2H3. The highest BCUT2D eigenvalue weighted by Gasteiger charge is 2.34. The Morgan fingerprint density at radius 3 is 2.64 bits per heavy atom. The van der Waals surface area contributed by atoms with E-state index in [0.717, 1.165) is 0 Å². The molecule has 2 N–H and O–H groups in total. The van der Waals surface area contributed by atoms with E-state index in [1.54, 1.807) is 24.7 Å². The molecule has 9 heteroatoms. The molecule has 0 spiro atoms. The highest BCUT2D eigenvalue weighted by atomic mass is 16.6. The van der Waals surface area contributed by atoms with Crippen LogP contribution in [0, 0.1) is 28.4 Å². The maximum Gasteiger partial charge on any atom is 0.269 e. The minimum Gasteiger partial charge on any atom is -0.440 e. The maximum absolute atomic E-state index is 13.2. The number of hydrogen-bond donors (Lipinski definition) is 1. The zero-order valence-corrected chi connectivity index (χ0v) is 15.3. The van der Waals surface area contributed by atoms with Gasteiger partial charge in [0.1, 0.15) is 17.4 Å². The number of fused-ring (bicyclic) bond motifs is 1. The van der Waals surface area contributed by atoms with Crippen LogP contribution in [0.3, 0.4) is 0 Å². The van der Waals surface area contributed by atoms with E-state index in [2.05, 4.69) is 0 Å². The number of allylic oxidation sites excluding steroid dienone is 1. The lowest BCUT2D eigenvalue weighted by Crippen LogP contribution is -2.33. The fraction of sp³-hybridized carbons (Fsp3) is 0.263. The molecule has 0 saturated carbocycles. The van der Waals surface area contributed by atoms with Gasteiger partial charge in [0, 0.05) is 37.5 Å². The van der Waals surface area contributed by atoms with Gasteiger partial charge in [-0.3, -0.25) is 14.9 Å². The Balaban J connectivity index is 2.23. The van der Waals surface area contributed by atoms with Crippen molar-refractivity contribution in [2.75, 3.05) is 13.7 Å². The minimum absolute atomic E-state index is 0.0839.